The lowest BCUT2D eigenvalue weighted by atomic mass is 10.3. The van der Waals surface area contributed by atoms with E-state index in [1.807, 2.05) is 6.07 Å². The van der Waals surface area contributed by atoms with Gasteiger partial charge in [-0.1, -0.05) is 6.92 Å². The standard InChI is InChI=1S/C12H19N3OS/c1-2-5-13-11-7-12(15-9-14-11)17-8-10-4-3-6-16-10/h7,9-10H,2-6,8H2,1H3,(H,13,14,15). The average molecular weight is 253 g/mol. The summed E-state index contributed by atoms with van der Waals surface area (Å²) >= 11 is 1.75. The highest BCUT2D eigenvalue weighted by molar-refractivity contribution is 7.99. The lowest BCUT2D eigenvalue weighted by molar-refractivity contribution is 0.129. The van der Waals surface area contributed by atoms with Crippen LogP contribution in [0.2, 0.25) is 0 Å². The van der Waals surface area contributed by atoms with E-state index in [1.54, 1.807) is 18.1 Å². The lowest BCUT2D eigenvalue weighted by Gasteiger charge is -2.09. The normalized spacial score (nSPS) is 19.5. The molecule has 17 heavy (non-hydrogen) atoms. The number of aromatic nitrogens is 2. The van der Waals surface area contributed by atoms with E-state index in [0.717, 1.165) is 36.2 Å². The molecule has 0 aliphatic carbocycles. The van der Waals surface area contributed by atoms with Crippen LogP contribution in [0, 0.1) is 0 Å². The highest BCUT2D eigenvalue weighted by Crippen LogP contribution is 2.23. The van der Waals surface area contributed by atoms with Crippen molar-refractivity contribution in [2.75, 3.05) is 24.2 Å². The maximum absolute atomic E-state index is 5.59. The van der Waals surface area contributed by atoms with Crippen molar-refractivity contribution >= 4 is 17.6 Å². The van der Waals surface area contributed by atoms with Gasteiger partial charge in [0.2, 0.25) is 0 Å². The Labute approximate surface area is 107 Å². The Hall–Kier alpha value is -0.810. The fraction of sp³-hybridized carbons (Fsp3) is 0.667. The molecule has 2 rings (SSSR count). The molecule has 1 aromatic rings. The number of nitrogens with zero attached hydrogens (tertiary/aromatic N) is 2. The molecule has 0 radical (unpaired) electrons. The summed E-state index contributed by atoms with van der Waals surface area (Å²) in [7, 11) is 0. The SMILES string of the molecule is CCCNc1cc(SCC2CCCO2)ncn1. The predicted octanol–water partition coefficient (Wildman–Crippen LogP) is 2.57. The zero-order chi connectivity index (χ0) is 11.9. The van der Waals surface area contributed by atoms with Gasteiger partial charge in [-0.05, 0) is 19.3 Å². The molecule has 1 aromatic heterocycles. The van der Waals surface area contributed by atoms with Gasteiger partial charge in [0.05, 0.1) is 6.10 Å². The van der Waals surface area contributed by atoms with Crippen molar-refractivity contribution < 1.29 is 4.74 Å². The second-order valence-corrected chi connectivity index (χ2v) is 5.15. The molecule has 1 unspecified atom stereocenters. The van der Waals surface area contributed by atoms with Crippen LogP contribution in [0.25, 0.3) is 0 Å². The van der Waals surface area contributed by atoms with Crippen LogP contribution in [0.15, 0.2) is 17.4 Å². The van der Waals surface area contributed by atoms with Crippen molar-refractivity contribution in [3.05, 3.63) is 12.4 Å². The number of anilines is 1. The third-order valence-corrected chi connectivity index (χ3v) is 3.70. The molecule has 2 heterocycles. The first-order valence-electron chi connectivity index (χ1n) is 6.19. The van der Waals surface area contributed by atoms with E-state index in [9.17, 15) is 0 Å². The quantitative estimate of drug-likeness (QED) is 0.623. The summed E-state index contributed by atoms with van der Waals surface area (Å²) in [5, 5.41) is 4.29. The predicted molar refractivity (Wildman–Crippen MR) is 70.5 cm³/mol. The van der Waals surface area contributed by atoms with E-state index < -0.39 is 0 Å². The summed E-state index contributed by atoms with van der Waals surface area (Å²) in [6, 6.07) is 2.01. The second-order valence-electron chi connectivity index (χ2n) is 4.11. The maximum atomic E-state index is 5.59. The molecule has 5 heteroatoms. The van der Waals surface area contributed by atoms with Crippen molar-refractivity contribution in [3.63, 3.8) is 0 Å². The topological polar surface area (TPSA) is 47.0 Å². The van der Waals surface area contributed by atoms with Gasteiger partial charge in [0.1, 0.15) is 17.2 Å². The van der Waals surface area contributed by atoms with Crippen molar-refractivity contribution in [1.82, 2.24) is 9.97 Å². The number of rotatable bonds is 6. The fourth-order valence-corrected chi connectivity index (χ4v) is 2.66. The second kappa shape index (κ2) is 6.81. The van der Waals surface area contributed by atoms with Gasteiger partial charge in [-0.2, -0.15) is 0 Å². The fourth-order valence-electron chi connectivity index (χ4n) is 1.72. The van der Waals surface area contributed by atoms with Crippen molar-refractivity contribution in [2.24, 2.45) is 0 Å². The van der Waals surface area contributed by atoms with Crippen LogP contribution in [-0.2, 0) is 4.74 Å². The Balaban J connectivity index is 1.82. The maximum Gasteiger partial charge on any atom is 0.130 e. The molecule has 4 nitrogen and oxygen atoms in total. The molecular weight excluding hydrogens is 234 g/mol. The third-order valence-electron chi connectivity index (χ3n) is 2.64. The Morgan fingerprint density at radius 3 is 3.24 bits per heavy atom. The Morgan fingerprint density at radius 2 is 2.47 bits per heavy atom. The Kier molecular flexibility index (Phi) is 5.07. The van der Waals surface area contributed by atoms with Crippen LogP contribution in [0.5, 0.6) is 0 Å². The molecule has 0 bridgehead atoms. The summed E-state index contributed by atoms with van der Waals surface area (Å²) in [6.45, 7) is 4.01. The minimum absolute atomic E-state index is 0.405. The number of hydrogen-bond donors (Lipinski definition) is 1. The monoisotopic (exact) mass is 253 g/mol. The zero-order valence-electron chi connectivity index (χ0n) is 10.2. The number of nitrogens with one attached hydrogen (secondary N) is 1. The van der Waals surface area contributed by atoms with Crippen LogP contribution in [0.1, 0.15) is 26.2 Å². The Bertz CT molecular complexity index is 342. The summed E-state index contributed by atoms with van der Waals surface area (Å²) in [5.74, 6) is 1.90. The highest BCUT2D eigenvalue weighted by atomic mass is 32.2. The summed E-state index contributed by atoms with van der Waals surface area (Å²) in [5.41, 5.74) is 0. The van der Waals surface area contributed by atoms with E-state index in [4.69, 9.17) is 4.74 Å². The van der Waals surface area contributed by atoms with Crippen LogP contribution >= 0.6 is 11.8 Å². The first kappa shape index (κ1) is 12.6. The molecule has 0 aromatic carbocycles. The molecule has 0 spiro atoms. The molecule has 94 valence electrons. The molecule has 1 fully saturated rings. The lowest BCUT2D eigenvalue weighted by Crippen LogP contribution is -2.08. The highest BCUT2D eigenvalue weighted by Gasteiger charge is 2.15. The van der Waals surface area contributed by atoms with Crippen LogP contribution in [0.4, 0.5) is 5.82 Å². The molecular formula is C12H19N3OS. The molecule has 1 aliphatic rings. The van der Waals surface area contributed by atoms with Gasteiger partial charge < -0.3 is 10.1 Å². The largest absolute Gasteiger partial charge is 0.377 e. The van der Waals surface area contributed by atoms with Crippen molar-refractivity contribution in [3.8, 4) is 0 Å². The molecule has 1 N–H and O–H groups in total. The first-order chi connectivity index (χ1) is 8.38. The number of ether oxygens (including phenoxy) is 1. The van der Waals surface area contributed by atoms with Gasteiger partial charge in [0, 0.05) is 25.0 Å². The third kappa shape index (κ3) is 4.16. The first-order valence-corrected chi connectivity index (χ1v) is 7.17. The Morgan fingerprint density at radius 1 is 1.53 bits per heavy atom. The van der Waals surface area contributed by atoms with E-state index in [1.165, 1.54) is 12.8 Å². The van der Waals surface area contributed by atoms with Crippen LogP contribution < -0.4 is 5.32 Å². The van der Waals surface area contributed by atoms with E-state index in [-0.39, 0.29) is 0 Å². The number of hydrogen-bond acceptors (Lipinski definition) is 5. The van der Waals surface area contributed by atoms with E-state index in [2.05, 4.69) is 22.2 Å². The van der Waals surface area contributed by atoms with E-state index in [0.29, 0.717) is 6.10 Å². The van der Waals surface area contributed by atoms with Crippen LogP contribution in [-0.4, -0.2) is 35.0 Å². The zero-order valence-corrected chi connectivity index (χ0v) is 11.0. The molecule has 0 saturated carbocycles. The average Bonchev–Trinajstić information content (AvgIpc) is 2.87. The summed E-state index contributed by atoms with van der Waals surface area (Å²) in [4.78, 5) is 8.45. The minimum Gasteiger partial charge on any atom is -0.377 e. The van der Waals surface area contributed by atoms with Gasteiger partial charge >= 0.3 is 0 Å². The summed E-state index contributed by atoms with van der Waals surface area (Å²) < 4.78 is 5.59. The van der Waals surface area contributed by atoms with Gasteiger partial charge in [0.15, 0.2) is 0 Å². The van der Waals surface area contributed by atoms with Crippen LogP contribution in [0.3, 0.4) is 0 Å². The molecule has 0 amide bonds. The molecule has 1 saturated heterocycles. The van der Waals surface area contributed by atoms with Gasteiger partial charge in [-0.25, -0.2) is 9.97 Å². The van der Waals surface area contributed by atoms with E-state index >= 15 is 0 Å². The molecule has 1 atom stereocenters. The van der Waals surface area contributed by atoms with Crippen molar-refractivity contribution in [1.29, 1.82) is 0 Å². The summed E-state index contributed by atoms with van der Waals surface area (Å²) in [6.07, 6.45) is 5.50. The van der Waals surface area contributed by atoms with Gasteiger partial charge in [-0.15, -0.1) is 11.8 Å². The van der Waals surface area contributed by atoms with Gasteiger partial charge in [0.25, 0.3) is 0 Å². The number of thioether (sulfide) groups is 1. The van der Waals surface area contributed by atoms with Gasteiger partial charge in [-0.3, -0.25) is 0 Å². The smallest absolute Gasteiger partial charge is 0.130 e. The van der Waals surface area contributed by atoms with Crippen molar-refractivity contribution in [2.45, 2.75) is 37.3 Å². The molecule has 1 aliphatic heterocycles. The minimum atomic E-state index is 0.405.